The molecule has 0 aliphatic carbocycles. The predicted octanol–water partition coefficient (Wildman–Crippen LogP) is -2.43. The fourth-order valence-electron chi connectivity index (χ4n) is 1.96. The monoisotopic (exact) mass is 506 g/mol. The van der Waals surface area contributed by atoms with Crippen molar-refractivity contribution < 1.29 is 23.9 Å². The summed E-state index contributed by atoms with van der Waals surface area (Å²) in [6.07, 6.45) is 0. The minimum Gasteiger partial charge on any atom is 0 e. The van der Waals surface area contributed by atoms with Crippen molar-refractivity contribution in [2.75, 3.05) is 23.7 Å². The van der Waals surface area contributed by atoms with Gasteiger partial charge in [0.2, 0.25) is 0 Å². The molecule has 0 amide bonds. The number of nitrogens with one attached hydrogen (secondary N) is 2. The fraction of sp³-hybridized carbons (Fsp3) is 0.143. The van der Waals surface area contributed by atoms with Crippen LogP contribution in [0.2, 0.25) is 0 Å². The van der Waals surface area contributed by atoms with E-state index >= 15 is 0 Å². The Kier molecular flexibility index (Phi) is 11.8. The molecule has 2 aromatic rings. The van der Waals surface area contributed by atoms with Crippen LogP contribution in [-0.2, 0) is 7.48 Å². The van der Waals surface area contributed by atoms with Gasteiger partial charge in [-0.2, -0.15) is 0 Å². The molecule has 2 rings (SSSR count). The molecule has 0 aromatic heterocycles. The zero-order valence-electron chi connectivity index (χ0n) is 14.5. The molecular formula is C14H18As2N2Na2O6. The second-order valence-corrected chi connectivity index (χ2v) is 11.8. The average molecular weight is 506 g/mol. The van der Waals surface area contributed by atoms with E-state index in [9.17, 15) is 7.48 Å². The Morgan fingerprint density at radius 3 is 1.12 bits per heavy atom. The third-order valence-electron chi connectivity index (χ3n) is 3.19. The SMILES string of the molecule is O=[As](O)(O)c1ccc(NCCNc2ccc([As](=O)(O)O)cc2)cc1.[Na].[Na]. The summed E-state index contributed by atoms with van der Waals surface area (Å²) >= 11 is -9.67. The minimum absolute atomic E-state index is 0. The molecule has 0 fully saturated rings. The fourth-order valence-corrected chi connectivity index (χ4v) is 4.22. The summed E-state index contributed by atoms with van der Waals surface area (Å²) < 4.78 is 58.6. The van der Waals surface area contributed by atoms with Gasteiger partial charge < -0.3 is 0 Å². The predicted molar refractivity (Wildman–Crippen MR) is 102 cm³/mol. The van der Waals surface area contributed by atoms with Crippen LogP contribution in [0.4, 0.5) is 11.4 Å². The van der Waals surface area contributed by atoms with Crippen LogP contribution in [0, 0.1) is 0 Å². The van der Waals surface area contributed by atoms with Gasteiger partial charge >= 0.3 is 145 Å². The standard InChI is InChI=1S/C14H18As2N2O6.2Na/c19-15(20,21)11-1-5-13(6-2-11)17-9-10-18-14-7-3-12(4-8-14)16(22,23)24;;/h1-8,17-18H,9-10H2,(H2,19,20,21)(H2,22,23,24);;. The molecule has 132 valence electrons. The zero-order chi connectivity index (χ0) is 17.8. The molecule has 26 heavy (non-hydrogen) atoms. The Balaban J connectivity index is 0.00000312. The van der Waals surface area contributed by atoms with Crippen LogP contribution >= 0.6 is 0 Å². The number of hydrogen-bond donors (Lipinski definition) is 6. The molecule has 0 unspecified atom stereocenters. The normalized spacial score (nSPS) is 11.1. The molecule has 0 spiro atoms. The van der Waals surface area contributed by atoms with E-state index in [2.05, 4.69) is 10.6 Å². The second kappa shape index (κ2) is 11.6. The van der Waals surface area contributed by atoms with Gasteiger partial charge in [-0.15, -0.1) is 0 Å². The second-order valence-electron chi connectivity index (χ2n) is 5.04. The van der Waals surface area contributed by atoms with Crippen molar-refractivity contribution in [3.8, 4) is 0 Å². The molecule has 0 atom stereocenters. The minimum atomic E-state index is -4.83. The Hall–Kier alpha value is 0.597. The maximum absolute atomic E-state index is 11.1. The van der Waals surface area contributed by atoms with Crippen LogP contribution in [-0.4, -0.2) is 117 Å². The molecule has 0 bridgehead atoms. The molecule has 0 heterocycles. The first-order chi connectivity index (χ1) is 11.2. The summed E-state index contributed by atoms with van der Waals surface area (Å²) in [5.74, 6) is 0. The van der Waals surface area contributed by atoms with Crippen LogP contribution < -0.4 is 19.3 Å². The van der Waals surface area contributed by atoms with E-state index < -0.39 is 28.3 Å². The molecule has 0 aliphatic rings. The topological polar surface area (TPSA) is 139 Å². The van der Waals surface area contributed by atoms with Gasteiger partial charge in [0.25, 0.3) is 0 Å². The van der Waals surface area contributed by atoms with Gasteiger partial charge in [0.1, 0.15) is 0 Å². The molecule has 8 nitrogen and oxygen atoms in total. The summed E-state index contributed by atoms with van der Waals surface area (Å²) in [4.78, 5) is 0. The van der Waals surface area contributed by atoms with Gasteiger partial charge in [0, 0.05) is 59.1 Å². The summed E-state index contributed by atoms with van der Waals surface area (Å²) in [6, 6.07) is 12.0. The van der Waals surface area contributed by atoms with Crippen molar-refractivity contribution in [3.05, 3.63) is 48.5 Å². The quantitative estimate of drug-likeness (QED) is 0.180. The molecular weight excluding hydrogens is 488 g/mol. The van der Waals surface area contributed by atoms with Gasteiger partial charge in [-0.1, -0.05) is 0 Å². The summed E-state index contributed by atoms with van der Waals surface area (Å²) in [5.41, 5.74) is 1.48. The number of hydrogen-bond acceptors (Lipinski definition) is 4. The van der Waals surface area contributed by atoms with Crippen molar-refractivity contribution in [3.63, 3.8) is 0 Å². The Morgan fingerprint density at radius 1 is 0.615 bits per heavy atom. The van der Waals surface area contributed by atoms with Crippen LogP contribution in [0.15, 0.2) is 48.5 Å². The first-order valence-electron chi connectivity index (χ1n) is 6.96. The average Bonchev–Trinajstić information content (AvgIpc) is 2.51. The van der Waals surface area contributed by atoms with Crippen LogP contribution in [0.5, 0.6) is 0 Å². The third kappa shape index (κ3) is 8.74. The Morgan fingerprint density at radius 2 is 0.885 bits per heavy atom. The Labute approximate surface area is 201 Å². The van der Waals surface area contributed by atoms with E-state index in [1.165, 1.54) is 24.3 Å². The van der Waals surface area contributed by atoms with Crippen molar-refractivity contribution in [2.24, 2.45) is 0 Å². The van der Waals surface area contributed by atoms with Gasteiger partial charge in [-0.3, -0.25) is 0 Å². The smallest absolute Gasteiger partial charge is 0 e. The maximum atomic E-state index is 11.1. The zero-order valence-corrected chi connectivity index (χ0v) is 22.3. The third-order valence-corrected chi connectivity index (χ3v) is 7.26. The first kappa shape index (κ1) is 26.6. The van der Waals surface area contributed by atoms with E-state index in [1.54, 1.807) is 24.3 Å². The number of anilines is 2. The number of benzene rings is 2. The van der Waals surface area contributed by atoms with Crippen LogP contribution in [0.3, 0.4) is 0 Å². The van der Waals surface area contributed by atoms with E-state index in [1.807, 2.05) is 0 Å². The van der Waals surface area contributed by atoms with Crippen molar-refractivity contribution in [2.45, 2.75) is 0 Å². The molecule has 12 heteroatoms. The van der Waals surface area contributed by atoms with Gasteiger partial charge in [0.05, 0.1) is 0 Å². The van der Waals surface area contributed by atoms with E-state index in [0.717, 1.165) is 11.4 Å². The van der Waals surface area contributed by atoms with Crippen molar-refractivity contribution >= 4 is 108 Å². The van der Waals surface area contributed by atoms with Gasteiger partial charge in [-0.25, -0.2) is 0 Å². The van der Waals surface area contributed by atoms with Gasteiger partial charge in [0.15, 0.2) is 0 Å². The van der Waals surface area contributed by atoms with Gasteiger partial charge in [-0.05, 0) is 0 Å². The molecule has 6 N–H and O–H groups in total. The maximum Gasteiger partial charge on any atom is 0 e. The molecule has 0 saturated heterocycles. The molecule has 0 saturated carbocycles. The largest absolute Gasteiger partial charge is 0 e. The molecule has 2 aromatic carbocycles. The van der Waals surface area contributed by atoms with Crippen LogP contribution in [0.1, 0.15) is 0 Å². The summed E-state index contributed by atoms with van der Waals surface area (Å²) in [5, 5.41) is 6.20. The molecule has 0 aliphatic heterocycles. The van der Waals surface area contributed by atoms with Crippen molar-refractivity contribution in [1.82, 2.24) is 0 Å². The summed E-state index contributed by atoms with van der Waals surface area (Å²) in [6.45, 7) is 1.12. The molecule has 2 radical (unpaired) electrons. The van der Waals surface area contributed by atoms with Crippen LogP contribution in [0.25, 0.3) is 0 Å². The summed E-state index contributed by atoms with van der Waals surface area (Å²) in [7, 11) is 0. The van der Waals surface area contributed by atoms with E-state index in [4.69, 9.17) is 16.4 Å². The first-order valence-corrected chi connectivity index (χ1v) is 13.7. The van der Waals surface area contributed by atoms with Crippen molar-refractivity contribution in [1.29, 1.82) is 0 Å². The van der Waals surface area contributed by atoms with E-state index in [-0.39, 0.29) is 67.8 Å². The number of rotatable bonds is 7. The van der Waals surface area contributed by atoms with E-state index in [0.29, 0.717) is 13.1 Å². The Bertz CT molecular complexity index is 710.